The van der Waals surface area contributed by atoms with Crippen LogP contribution in [0.25, 0.3) is 0 Å². The van der Waals surface area contributed by atoms with E-state index in [1.165, 1.54) is 6.21 Å². The highest BCUT2D eigenvalue weighted by Crippen LogP contribution is 2.08. The van der Waals surface area contributed by atoms with Gasteiger partial charge < -0.3 is 0 Å². The van der Waals surface area contributed by atoms with Crippen molar-refractivity contribution in [1.82, 2.24) is 0 Å². The molecule has 0 fully saturated rings. The largest absolute Gasteiger partial charge is 0.247 e. The number of rotatable bonds is 4. The fraction of sp³-hybridized carbons (Fsp3) is 0. The topological polar surface area (TPSA) is 12.4 Å². The molecule has 0 heterocycles. The normalized spacial score (nSPS) is 8.58. The average molecular weight is 157 g/mol. The number of hydrogen-bond donors (Lipinski definition) is 0. The van der Waals surface area contributed by atoms with Gasteiger partial charge in [-0.2, -0.15) is 0 Å². The molecule has 0 bridgehead atoms. The van der Waals surface area contributed by atoms with Crippen LogP contribution < -0.4 is 0 Å². The summed E-state index contributed by atoms with van der Waals surface area (Å²) in [5.41, 5.74) is 1.49. The molecule has 0 aliphatic rings. The maximum Gasteiger partial charge on any atom is 0.0771 e. The Hall–Kier alpha value is -1.81. The van der Waals surface area contributed by atoms with E-state index in [0.717, 1.165) is 5.57 Å². The van der Waals surface area contributed by atoms with E-state index in [-0.39, 0.29) is 0 Å². The zero-order valence-corrected chi connectivity index (χ0v) is 6.96. The molecule has 0 atom stereocenters. The van der Waals surface area contributed by atoms with Crippen molar-refractivity contribution in [3.8, 4) is 12.3 Å². The average Bonchev–Trinajstić information content (AvgIpc) is 2.12. The van der Waals surface area contributed by atoms with Crippen molar-refractivity contribution in [3.63, 3.8) is 0 Å². The van der Waals surface area contributed by atoms with Crippen molar-refractivity contribution in [3.05, 3.63) is 49.2 Å². The Balaban J connectivity index is 4.97. The molecule has 0 saturated carbocycles. The predicted octanol–water partition coefficient (Wildman–Crippen LogP) is 2.50. The zero-order chi connectivity index (χ0) is 9.40. The van der Waals surface area contributed by atoms with Gasteiger partial charge in [-0.25, -0.2) is 4.99 Å². The van der Waals surface area contributed by atoms with Crippen LogP contribution in [0.2, 0.25) is 0 Å². The molecule has 0 radical (unpaired) electrons. The zero-order valence-electron chi connectivity index (χ0n) is 6.96. The lowest BCUT2D eigenvalue weighted by molar-refractivity contribution is 1.39. The van der Waals surface area contributed by atoms with Crippen LogP contribution in [-0.4, -0.2) is 6.21 Å². The standard InChI is InChI=1S/C11H11N/c1-5-9-12-11(8-4)10(6-2)7-3/h1,6-9H,2-4H2. The number of aliphatic imine (C=N–C) groups is 1. The number of hydrogen-bond acceptors (Lipinski definition) is 1. The minimum Gasteiger partial charge on any atom is -0.247 e. The Morgan fingerprint density at radius 1 is 1.17 bits per heavy atom. The molecular weight excluding hydrogens is 146 g/mol. The van der Waals surface area contributed by atoms with Gasteiger partial charge in [-0.3, -0.25) is 0 Å². The summed E-state index contributed by atoms with van der Waals surface area (Å²) in [5.74, 6) is 2.29. The van der Waals surface area contributed by atoms with E-state index in [4.69, 9.17) is 6.42 Å². The monoisotopic (exact) mass is 157 g/mol. The highest BCUT2D eigenvalue weighted by molar-refractivity contribution is 5.78. The van der Waals surface area contributed by atoms with E-state index in [1.54, 1.807) is 18.2 Å². The van der Waals surface area contributed by atoms with Gasteiger partial charge in [-0.1, -0.05) is 37.8 Å². The lowest BCUT2D eigenvalue weighted by atomic mass is 10.2. The van der Waals surface area contributed by atoms with Crippen LogP contribution >= 0.6 is 0 Å². The van der Waals surface area contributed by atoms with Crippen molar-refractivity contribution in [2.24, 2.45) is 4.99 Å². The molecule has 1 nitrogen and oxygen atoms in total. The molecule has 12 heavy (non-hydrogen) atoms. The Morgan fingerprint density at radius 3 is 2.08 bits per heavy atom. The second kappa shape index (κ2) is 5.94. The molecule has 0 aliphatic heterocycles. The van der Waals surface area contributed by atoms with E-state index in [2.05, 4.69) is 30.6 Å². The molecule has 0 saturated heterocycles. The van der Waals surface area contributed by atoms with Gasteiger partial charge in [-0.05, 0) is 11.6 Å². The van der Waals surface area contributed by atoms with E-state index in [1.807, 2.05) is 0 Å². The molecule has 0 N–H and O–H groups in total. The van der Waals surface area contributed by atoms with Crippen molar-refractivity contribution >= 4 is 6.21 Å². The quantitative estimate of drug-likeness (QED) is 0.338. The van der Waals surface area contributed by atoms with Gasteiger partial charge in [0.15, 0.2) is 0 Å². The third kappa shape index (κ3) is 2.85. The number of nitrogens with zero attached hydrogens (tertiary/aromatic N) is 1. The number of allylic oxidation sites excluding steroid dienone is 4. The lowest BCUT2D eigenvalue weighted by Crippen LogP contribution is -1.79. The van der Waals surface area contributed by atoms with Crippen LogP contribution in [0.4, 0.5) is 0 Å². The third-order valence-electron chi connectivity index (χ3n) is 1.21. The summed E-state index contributed by atoms with van der Waals surface area (Å²) in [6, 6.07) is 0. The first kappa shape index (κ1) is 10.2. The van der Waals surface area contributed by atoms with Crippen LogP contribution in [0.1, 0.15) is 0 Å². The molecule has 0 rings (SSSR count). The second-order valence-electron chi connectivity index (χ2n) is 1.88. The summed E-state index contributed by atoms with van der Waals surface area (Å²) in [4.78, 5) is 3.96. The van der Waals surface area contributed by atoms with Gasteiger partial charge in [-0.15, -0.1) is 6.42 Å². The van der Waals surface area contributed by atoms with Crippen molar-refractivity contribution in [1.29, 1.82) is 0 Å². The van der Waals surface area contributed by atoms with Gasteiger partial charge >= 0.3 is 0 Å². The first-order chi connectivity index (χ1) is 5.79. The fourth-order valence-electron chi connectivity index (χ4n) is 0.644. The summed E-state index contributed by atoms with van der Waals surface area (Å²) in [7, 11) is 0. The molecule has 0 amide bonds. The molecule has 0 unspecified atom stereocenters. The molecule has 0 aromatic rings. The van der Waals surface area contributed by atoms with Crippen molar-refractivity contribution in [2.75, 3.05) is 0 Å². The molecule has 0 aromatic carbocycles. The van der Waals surface area contributed by atoms with Gasteiger partial charge in [0.25, 0.3) is 0 Å². The highest BCUT2D eigenvalue weighted by Gasteiger charge is 1.91. The third-order valence-corrected chi connectivity index (χ3v) is 1.21. The summed E-state index contributed by atoms with van der Waals surface area (Å²) < 4.78 is 0. The first-order valence-corrected chi connectivity index (χ1v) is 3.40. The molecular formula is C11H11N. The Bertz CT molecular complexity index is 275. The Morgan fingerprint density at radius 2 is 1.75 bits per heavy atom. The van der Waals surface area contributed by atoms with Gasteiger partial charge in [0.2, 0.25) is 0 Å². The van der Waals surface area contributed by atoms with Crippen LogP contribution in [0.3, 0.4) is 0 Å². The first-order valence-electron chi connectivity index (χ1n) is 3.40. The van der Waals surface area contributed by atoms with Gasteiger partial charge in [0, 0.05) is 0 Å². The maximum absolute atomic E-state index is 5.01. The summed E-state index contributed by atoms with van der Waals surface area (Å²) in [6.45, 7) is 10.8. The van der Waals surface area contributed by atoms with Gasteiger partial charge in [0.05, 0.1) is 11.9 Å². The molecule has 60 valence electrons. The predicted molar refractivity (Wildman–Crippen MR) is 54.9 cm³/mol. The van der Waals surface area contributed by atoms with E-state index < -0.39 is 0 Å². The van der Waals surface area contributed by atoms with Gasteiger partial charge in [0.1, 0.15) is 0 Å². The van der Waals surface area contributed by atoms with Crippen LogP contribution in [0.5, 0.6) is 0 Å². The van der Waals surface area contributed by atoms with E-state index >= 15 is 0 Å². The van der Waals surface area contributed by atoms with Crippen LogP contribution in [-0.2, 0) is 0 Å². The summed E-state index contributed by atoms with van der Waals surface area (Å²) >= 11 is 0. The van der Waals surface area contributed by atoms with Crippen molar-refractivity contribution in [2.45, 2.75) is 0 Å². The highest BCUT2D eigenvalue weighted by atomic mass is 14.7. The Labute approximate surface area is 73.5 Å². The van der Waals surface area contributed by atoms with Crippen LogP contribution in [0.15, 0.2) is 54.2 Å². The Kier molecular flexibility index (Phi) is 5.04. The summed E-state index contributed by atoms with van der Waals surface area (Å²) in [6.07, 6.45) is 11.3. The minimum atomic E-state index is 0.679. The van der Waals surface area contributed by atoms with E-state index in [0.29, 0.717) is 5.70 Å². The van der Waals surface area contributed by atoms with E-state index in [9.17, 15) is 0 Å². The molecule has 0 aromatic heterocycles. The lowest BCUT2D eigenvalue weighted by Gasteiger charge is -1.96. The fourth-order valence-corrected chi connectivity index (χ4v) is 0.644. The smallest absolute Gasteiger partial charge is 0.0771 e. The molecule has 0 aliphatic carbocycles. The molecule has 0 spiro atoms. The second-order valence-corrected chi connectivity index (χ2v) is 1.88. The van der Waals surface area contributed by atoms with Crippen molar-refractivity contribution < 1.29 is 0 Å². The SMILES string of the molecule is C#CC=NC(C=C)=C(C=C)C=C. The molecule has 1 heteroatoms. The maximum atomic E-state index is 5.01. The number of terminal acetylenes is 1. The van der Waals surface area contributed by atoms with Crippen LogP contribution in [0, 0.1) is 12.3 Å². The summed E-state index contributed by atoms with van der Waals surface area (Å²) in [5, 5.41) is 0. The minimum absolute atomic E-state index is 0.679.